The number of anilines is 1. The minimum absolute atomic E-state index is 0.273. The quantitative estimate of drug-likeness (QED) is 0.762. The van der Waals surface area contributed by atoms with Crippen LogP contribution in [-0.4, -0.2) is 30.6 Å². The smallest absolute Gasteiger partial charge is 0.319 e. The molecule has 0 unspecified atom stereocenters. The largest absolute Gasteiger partial charge is 0.331 e. The number of fused-ring (bicyclic) bond motifs is 1. The van der Waals surface area contributed by atoms with Crippen LogP contribution in [0.2, 0.25) is 0 Å². The third kappa shape index (κ3) is 3.10. The molecule has 2 N–H and O–H groups in total. The second-order valence-electron chi connectivity index (χ2n) is 6.03. The van der Waals surface area contributed by atoms with Crippen molar-refractivity contribution in [1.82, 2.24) is 29.9 Å². The normalized spacial score (nSPS) is 12.8. The van der Waals surface area contributed by atoms with Gasteiger partial charge in [0.2, 0.25) is 0 Å². The summed E-state index contributed by atoms with van der Waals surface area (Å²) < 4.78 is 3.89. The molecule has 3 heterocycles. The predicted molar refractivity (Wildman–Crippen MR) is 92.5 cm³/mol. The van der Waals surface area contributed by atoms with Crippen molar-refractivity contribution in [2.24, 2.45) is 0 Å². The molecule has 3 aromatic rings. The lowest BCUT2D eigenvalue weighted by molar-refractivity contribution is 0.251. The SMILES string of the molecule is Cc1ccnn1-c1cccc(NC(=O)NCc2nnc3n2CCC3)c1. The summed E-state index contributed by atoms with van der Waals surface area (Å²) in [4.78, 5) is 12.2. The standard InChI is InChI=1S/C17H19N7O/c1-12-7-8-19-24(12)14-5-2-4-13(10-14)20-17(25)18-11-16-22-21-15-6-3-9-23(15)16/h2,4-5,7-8,10H,3,6,9,11H2,1H3,(H2,18,20,25). The van der Waals surface area contributed by atoms with Gasteiger partial charge in [-0.15, -0.1) is 10.2 Å². The van der Waals surface area contributed by atoms with Gasteiger partial charge >= 0.3 is 6.03 Å². The third-order valence-electron chi connectivity index (χ3n) is 4.27. The Kier molecular flexibility index (Phi) is 3.93. The van der Waals surface area contributed by atoms with Crippen LogP contribution in [0.15, 0.2) is 36.5 Å². The number of nitrogens with zero attached hydrogens (tertiary/aromatic N) is 5. The first-order valence-corrected chi connectivity index (χ1v) is 8.27. The van der Waals surface area contributed by atoms with Crippen molar-refractivity contribution >= 4 is 11.7 Å². The number of aryl methyl sites for hydroxylation is 2. The van der Waals surface area contributed by atoms with Crippen molar-refractivity contribution in [3.63, 3.8) is 0 Å². The van der Waals surface area contributed by atoms with E-state index in [1.54, 1.807) is 6.20 Å². The van der Waals surface area contributed by atoms with Gasteiger partial charge in [0.15, 0.2) is 5.82 Å². The Morgan fingerprint density at radius 1 is 1.28 bits per heavy atom. The van der Waals surface area contributed by atoms with Gasteiger partial charge < -0.3 is 15.2 Å². The summed E-state index contributed by atoms with van der Waals surface area (Å²) in [5, 5.41) is 18.2. The molecule has 1 aliphatic rings. The maximum absolute atomic E-state index is 12.2. The third-order valence-corrected chi connectivity index (χ3v) is 4.27. The highest BCUT2D eigenvalue weighted by molar-refractivity contribution is 5.89. The molecule has 0 fully saturated rings. The van der Waals surface area contributed by atoms with Gasteiger partial charge in [-0.05, 0) is 37.6 Å². The average Bonchev–Trinajstić information content (AvgIpc) is 3.30. The molecule has 0 aliphatic carbocycles. The number of aromatic nitrogens is 5. The fraction of sp³-hybridized carbons (Fsp3) is 0.294. The Bertz CT molecular complexity index is 911. The first-order valence-electron chi connectivity index (χ1n) is 8.27. The van der Waals surface area contributed by atoms with Gasteiger partial charge in [-0.25, -0.2) is 9.48 Å². The van der Waals surface area contributed by atoms with E-state index in [0.717, 1.165) is 42.4 Å². The van der Waals surface area contributed by atoms with Gasteiger partial charge in [0, 0.05) is 30.5 Å². The molecule has 0 spiro atoms. The number of carbonyl (C=O) groups excluding carboxylic acids is 1. The second-order valence-corrected chi connectivity index (χ2v) is 6.03. The van der Waals surface area contributed by atoms with Crippen LogP contribution in [0.25, 0.3) is 5.69 Å². The monoisotopic (exact) mass is 337 g/mol. The fourth-order valence-corrected chi connectivity index (χ4v) is 3.03. The summed E-state index contributed by atoms with van der Waals surface area (Å²) >= 11 is 0. The van der Waals surface area contributed by atoms with E-state index in [-0.39, 0.29) is 6.03 Å². The van der Waals surface area contributed by atoms with Crippen LogP contribution in [0.3, 0.4) is 0 Å². The van der Waals surface area contributed by atoms with Gasteiger partial charge in [0.1, 0.15) is 5.82 Å². The Labute approximate surface area is 144 Å². The Balaban J connectivity index is 1.40. The number of amides is 2. The van der Waals surface area contributed by atoms with Crippen molar-refractivity contribution in [2.45, 2.75) is 32.9 Å². The second kappa shape index (κ2) is 6.39. The number of rotatable bonds is 4. The number of carbonyl (C=O) groups is 1. The summed E-state index contributed by atoms with van der Waals surface area (Å²) in [5.41, 5.74) is 2.63. The molecule has 8 nitrogen and oxygen atoms in total. The van der Waals surface area contributed by atoms with Gasteiger partial charge in [-0.3, -0.25) is 0 Å². The van der Waals surface area contributed by atoms with Crippen molar-refractivity contribution in [3.8, 4) is 5.69 Å². The molecule has 0 saturated heterocycles. The number of urea groups is 1. The van der Waals surface area contributed by atoms with E-state index in [0.29, 0.717) is 12.2 Å². The zero-order valence-electron chi connectivity index (χ0n) is 13.9. The summed E-state index contributed by atoms with van der Waals surface area (Å²) in [5.74, 6) is 1.79. The average molecular weight is 337 g/mol. The summed E-state index contributed by atoms with van der Waals surface area (Å²) in [6, 6.07) is 9.22. The van der Waals surface area contributed by atoms with Crippen molar-refractivity contribution < 1.29 is 4.79 Å². The topological polar surface area (TPSA) is 89.7 Å². The van der Waals surface area contributed by atoms with Crippen LogP contribution in [0.1, 0.15) is 23.8 Å². The molecule has 4 rings (SSSR count). The highest BCUT2D eigenvalue weighted by Gasteiger charge is 2.17. The van der Waals surface area contributed by atoms with Gasteiger partial charge in [-0.2, -0.15) is 5.10 Å². The minimum atomic E-state index is -0.273. The lowest BCUT2D eigenvalue weighted by atomic mass is 10.2. The zero-order valence-corrected chi connectivity index (χ0v) is 13.9. The molecule has 128 valence electrons. The lowest BCUT2D eigenvalue weighted by Gasteiger charge is -2.10. The molecule has 2 aromatic heterocycles. The van der Waals surface area contributed by atoms with E-state index in [9.17, 15) is 4.79 Å². The van der Waals surface area contributed by atoms with Crippen LogP contribution < -0.4 is 10.6 Å². The maximum Gasteiger partial charge on any atom is 0.319 e. The Morgan fingerprint density at radius 2 is 2.20 bits per heavy atom. The summed E-state index contributed by atoms with van der Waals surface area (Å²) in [7, 11) is 0. The van der Waals surface area contributed by atoms with Crippen molar-refractivity contribution in [2.75, 3.05) is 5.32 Å². The van der Waals surface area contributed by atoms with E-state index in [4.69, 9.17) is 0 Å². The predicted octanol–water partition coefficient (Wildman–Crippen LogP) is 2.04. The molecule has 1 aliphatic heterocycles. The first-order chi connectivity index (χ1) is 12.2. The van der Waals surface area contributed by atoms with Gasteiger partial charge in [0.05, 0.1) is 12.2 Å². The highest BCUT2D eigenvalue weighted by atomic mass is 16.2. The molecule has 2 amide bonds. The van der Waals surface area contributed by atoms with Crippen LogP contribution in [0.4, 0.5) is 10.5 Å². The molecular formula is C17H19N7O. The zero-order chi connectivity index (χ0) is 17.2. The molecule has 0 atom stereocenters. The van der Waals surface area contributed by atoms with Crippen LogP contribution in [0, 0.1) is 6.92 Å². The molecular weight excluding hydrogens is 318 g/mol. The minimum Gasteiger partial charge on any atom is -0.331 e. The van der Waals surface area contributed by atoms with Gasteiger partial charge in [-0.1, -0.05) is 6.07 Å². The Hall–Kier alpha value is -3.16. The van der Waals surface area contributed by atoms with E-state index < -0.39 is 0 Å². The Morgan fingerprint density at radius 3 is 3.04 bits per heavy atom. The number of benzene rings is 1. The molecule has 8 heteroatoms. The lowest BCUT2D eigenvalue weighted by Crippen LogP contribution is -2.29. The first kappa shape index (κ1) is 15.4. The van der Waals surface area contributed by atoms with E-state index in [2.05, 4.69) is 30.5 Å². The van der Waals surface area contributed by atoms with Crippen LogP contribution in [0.5, 0.6) is 0 Å². The molecule has 0 bridgehead atoms. The highest BCUT2D eigenvalue weighted by Crippen LogP contribution is 2.16. The van der Waals surface area contributed by atoms with E-state index in [1.807, 2.05) is 41.9 Å². The summed E-state index contributed by atoms with van der Waals surface area (Å²) in [6.07, 6.45) is 3.79. The van der Waals surface area contributed by atoms with E-state index in [1.165, 1.54) is 0 Å². The van der Waals surface area contributed by atoms with E-state index >= 15 is 0 Å². The van der Waals surface area contributed by atoms with Crippen LogP contribution in [-0.2, 0) is 19.5 Å². The van der Waals surface area contributed by atoms with Crippen molar-refractivity contribution in [1.29, 1.82) is 0 Å². The molecule has 1 aromatic carbocycles. The van der Waals surface area contributed by atoms with Crippen molar-refractivity contribution in [3.05, 3.63) is 53.9 Å². The molecule has 0 saturated carbocycles. The number of hydrogen-bond acceptors (Lipinski definition) is 4. The molecule has 0 radical (unpaired) electrons. The van der Waals surface area contributed by atoms with Crippen LogP contribution >= 0.6 is 0 Å². The summed E-state index contributed by atoms with van der Waals surface area (Å²) in [6.45, 7) is 3.26. The fourth-order valence-electron chi connectivity index (χ4n) is 3.03. The van der Waals surface area contributed by atoms with Gasteiger partial charge in [0.25, 0.3) is 0 Å². The molecule has 25 heavy (non-hydrogen) atoms. The number of hydrogen-bond donors (Lipinski definition) is 2. The number of nitrogens with one attached hydrogen (secondary N) is 2. The maximum atomic E-state index is 12.2.